The van der Waals surface area contributed by atoms with Gasteiger partial charge in [-0.15, -0.1) is 0 Å². The molecule has 2 atom stereocenters. The molecule has 0 aromatic rings. The van der Waals surface area contributed by atoms with Crippen LogP contribution in [0, 0.1) is 0 Å². The molecule has 0 saturated carbocycles. The van der Waals surface area contributed by atoms with Crippen molar-refractivity contribution >= 4 is 10.8 Å². The highest BCUT2D eigenvalue weighted by Gasteiger charge is 2.18. The quantitative estimate of drug-likeness (QED) is 0.731. The Morgan fingerprint density at radius 2 is 2.00 bits per heavy atom. The molecule has 4 heteroatoms. The second kappa shape index (κ2) is 6.53. The number of nitrogens with one attached hydrogen (secondary N) is 1. The van der Waals surface area contributed by atoms with E-state index in [-0.39, 0.29) is 4.75 Å². The summed E-state index contributed by atoms with van der Waals surface area (Å²) in [5.41, 5.74) is 0. The molecule has 0 aliphatic heterocycles. The van der Waals surface area contributed by atoms with Crippen molar-refractivity contribution in [1.82, 2.24) is 5.32 Å². The van der Waals surface area contributed by atoms with E-state index in [1.807, 2.05) is 20.8 Å². The summed E-state index contributed by atoms with van der Waals surface area (Å²) in [7, 11) is 0.925. The minimum absolute atomic E-state index is 0.105. The van der Waals surface area contributed by atoms with Crippen LogP contribution in [0.5, 0.6) is 0 Å². The van der Waals surface area contributed by atoms with Crippen molar-refractivity contribution in [3.05, 3.63) is 0 Å². The lowest BCUT2D eigenvalue weighted by Gasteiger charge is -2.19. The standard InChI is InChI=1S/C10H23NO2S/c1-9(8-13-5)11-6-7-14(12)10(2,3)4/h9,11H,6-8H2,1-5H3. The summed E-state index contributed by atoms with van der Waals surface area (Å²) in [4.78, 5) is 0. The van der Waals surface area contributed by atoms with Crippen LogP contribution in [-0.2, 0) is 15.5 Å². The first-order valence-electron chi connectivity index (χ1n) is 4.98. The maximum Gasteiger partial charge on any atom is 0.0613 e. The van der Waals surface area contributed by atoms with E-state index >= 15 is 0 Å². The molecule has 0 spiro atoms. The maximum atomic E-state index is 11.6. The van der Waals surface area contributed by atoms with Crippen molar-refractivity contribution in [3.63, 3.8) is 0 Å². The Morgan fingerprint density at radius 1 is 1.43 bits per heavy atom. The van der Waals surface area contributed by atoms with Crippen LogP contribution < -0.4 is 5.32 Å². The van der Waals surface area contributed by atoms with Crippen molar-refractivity contribution in [3.8, 4) is 0 Å². The monoisotopic (exact) mass is 221 g/mol. The third-order valence-corrected chi connectivity index (χ3v) is 3.82. The van der Waals surface area contributed by atoms with Gasteiger partial charge in [-0.3, -0.25) is 4.21 Å². The van der Waals surface area contributed by atoms with Crippen molar-refractivity contribution in [2.45, 2.75) is 38.5 Å². The highest BCUT2D eigenvalue weighted by atomic mass is 32.2. The Hall–Kier alpha value is 0.0700. The summed E-state index contributed by atoms with van der Waals surface area (Å²) < 4.78 is 16.5. The molecule has 0 bridgehead atoms. The van der Waals surface area contributed by atoms with E-state index < -0.39 is 10.8 Å². The molecule has 14 heavy (non-hydrogen) atoms. The molecule has 0 heterocycles. The van der Waals surface area contributed by atoms with Gasteiger partial charge < -0.3 is 10.1 Å². The van der Waals surface area contributed by atoms with Crippen LogP contribution in [0.4, 0.5) is 0 Å². The fraction of sp³-hybridized carbons (Fsp3) is 1.00. The maximum absolute atomic E-state index is 11.6. The molecule has 0 rings (SSSR count). The first-order chi connectivity index (χ1) is 6.38. The number of rotatable bonds is 6. The number of hydrogen-bond acceptors (Lipinski definition) is 3. The largest absolute Gasteiger partial charge is 0.383 e. The minimum atomic E-state index is -0.761. The molecule has 0 aliphatic carbocycles. The van der Waals surface area contributed by atoms with Gasteiger partial charge in [0.15, 0.2) is 0 Å². The summed E-state index contributed by atoms with van der Waals surface area (Å²) >= 11 is 0. The lowest BCUT2D eigenvalue weighted by atomic mass is 10.3. The predicted octanol–water partition coefficient (Wildman–Crippen LogP) is 1.16. The van der Waals surface area contributed by atoms with E-state index in [0.29, 0.717) is 18.4 Å². The van der Waals surface area contributed by atoms with Gasteiger partial charge in [0, 0.05) is 41.0 Å². The third kappa shape index (κ3) is 6.51. The molecule has 0 aromatic carbocycles. The fourth-order valence-electron chi connectivity index (χ4n) is 1.01. The average Bonchev–Trinajstić information content (AvgIpc) is 2.02. The van der Waals surface area contributed by atoms with Crippen LogP contribution in [0.2, 0.25) is 0 Å². The molecule has 0 amide bonds. The highest BCUT2D eigenvalue weighted by Crippen LogP contribution is 2.10. The molecule has 0 saturated heterocycles. The second-order valence-electron chi connectivity index (χ2n) is 4.47. The topological polar surface area (TPSA) is 38.3 Å². The van der Waals surface area contributed by atoms with Gasteiger partial charge in [-0.1, -0.05) is 0 Å². The zero-order chi connectivity index (χ0) is 11.2. The highest BCUT2D eigenvalue weighted by molar-refractivity contribution is 7.86. The molecule has 0 fully saturated rings. The van der Waals surface area contributed by atoms with E-state index in [0.717, 1.165) is 6.54 Å². The van der Waals surface area contributed by atoms with Crippen LogP contribution in [0.15, 0.2) is 0 Å². The normalized spacial score (nSPS) is 16.6. The van der Waals surface area contributed by atoms with Crippen molar-refractivity contribution in [2.24, 2.45) is 0 Å². The lowest BCUT2D eigenvalue weighted by molar-refractivity contribution is 0.173. The Morgan fingerprint density at radius 3 is 2.43 bits per heavy atom. The lowest BCUT2D eigenvalue weighted by Crippen LogP contribution is -2.35. The van der Waals surface area contributed by atoms with Gasteiger partial charge in [-0.25, -0.2) is 0 Å². The van der Waals surface area contributed by atoms with E-state index in [1.165, 1.54) is 0 Å². The molecule has 86 valence electrons. The molecule has 1 N–H and O–H groups in total. The van der Waals surface area contributed by atoms with E-state index in [4.69, 9.17) is 4.74 Å². The van der Waals surface area contributed by atoms with Gasteiger partial charge in [0.2, 0.25) is 0 Å². The molecule has 0 aromatic heterocycles. The molecular weight excluding hydrogens is 198 g/mol. The van der Waals surface area contributed by atoms with E-state index in [1.54, 1.807) is 7.11 Å². The Kier molecular flexibility index (Phi) is 6.57. The smallest absolute Gasteiger partial charge is 0.0613 e. The summed E-state index contributed by atoms with van der Waals surface area (Å²) in [6, 6.07) is 0.331. The van der Waals surface area contributed by atoms with Gasteiger partial charge in [0.05, 0.1) is 6.61 Å². The van der Waals surface area contributed by atoms with Crippen molar-refractivity contribution < 1.29 is 8.95 Å². The molecule has 3 nitrogen and oxygen atoms in total. The molecule has 2 unspecified atom stereocenters. The van der Waals surface area contributed by atoms with Crippen molar-refractivity contribution in [1.29, 1.82) is 0 Å². The first-order valence-corrected chi connectivity index (χ1v) is 6.30. The van der Waals surface area contributed by atoms with Gasteiger partial charge in [-0.2, -0.15) is 0 Å². The molecular formula is C10H23NO2S. The SMILES string of the molecule is COCC(C)NCCS(=O)C(C)(C)C. The average molecular weight is 221 g/mol. The summed E-state index contributed by atoms with van der Waals surface area (Å²) in [5, 5.41) is 3.27. The second-order valence-corrected chi connectivity index (χ2v) is 6.80. The summed E-state index contributed by atoms with van der Waals surface area (Å²) in [6.07, 6.45) is 0. The van der Waals surface area contributed by atoms with E-state index in [9.17, 15) is 4.21 Å². The van der Waals surface area contributed by atoms with Crippen LogP contribution >= 0.6 is 0 Å². The zero-order valence-corrected chi connectivity index (χ0v) is 10.7. The van der Waals surface area contributed by atoms with E-state index in [2.05, 4.69) is 12.2 Å². The Labute approximate surface area is 90.1 Å². The van der Waals surface area contributed by atoms with Crippen molar-refractivity contribution in [2.75, 3.05) is 26.0 Å². The predicted molar refractivity (Wildman–Crippen MR) is 62.1 cm³/mol. The number of methoxy groups -OCH3 is 1. The summed E-state index contributed by atoms with van der Waals surface area (Å²) in [5.74, 6) is 0.706. The van der Waals surface area contributed by atoms with Gasteiger partial charge in [0.25, 0.3) is 0 Å². The van der Waals surface area contributed by atoms with Crippen LogP contribution in [-0.4, -0.2) is 41.0 Å². The first kappa shape index (κ1) is 14.1. The number of ether oxygens (including phenoxy) is 1. The van der Waals surface area contributed by atoms with Gasteiger partial charge >= 0.3 is 0 Å². The molecule has 0 radical (unpaired) electrons. The van der Waals surface area contributed by atoms with Gasteiger partial charge in [0.1, 0.15) is 0 Å². The number of hydrogen-bond donors (Lipinski definition) is 1. The minimum Gasteiger partial charge on any atom is -0.383 e. The Balaban J connectivity index is 3.59. The fourth-order valence-corrected chi connectivity index (χ4v) is 1.93. The molecule has 0 aliphatic rings. The summed E-state index contributed by atoms with van der Waals surface area (Å²) in [6.45, 7) is 9.55. The van der Waals surface area contributed by atoms with Crippen LogP contribution in [0.1, 0.15) is 27.7 Å². The zero-order valence-electron chi connectivity index (χ0n) is 9.92. The Bertz CT molecular complexity index is 177. The van der Waals surface area contributed by atoms with Gasteiger partial charge in [-0.05, 0) is 27.7 Å². The van der Waals surface area contributed by atoms with Crippen LogP contribution in [0.25, 0.3) is 0 Å². The third-order valence-electron chi connectivity index (χ3n) is 1.88. The van der Waals surface area contributed by atoms with Crippen LogP contribution in [0.3, 0.4) is 0 Å².